The molecule has 0 aliphatic heterocycles. The summed E-state index contributed by atoms with van der Waals surface area (Å²) in [6.07, 6.45) is 1.47. The SMILES string of the molecule is C=CCn1c(SCC(=O)NCc2ccccc2)nnc1C(C)Oc1ccc(Br)cc1. The minimum absolute atomic E-state index is 0.0577. The van der Waals surface area contributed by atoms with Gasteiger partial charge in [-0.05, 0) is 36.8 Å². The van der Waals surface area contributed by atoms with Crippen molar-refractivity contribution in [1.82, 2.24) is 20.1 Å². The highest BCUT2D eigenvalue weighted by Crippen LogP contribution is 2.25. The number of ether oxygens (including phenoxy) is 1. The molecule has 6 nitrogen and oxygen atoms in total. The monoisotopic (exact) mass is 486 g/mol. The lowest BCUT2D eigenvalue weighted by Gasteiger charge is -2.15. The number of carbonyl (C=O) groups is 1. The Morgan fingerprint density at radius 2 is 1.97 bits per heavy atom. The van der Waals surface area contributed by atoms with Crippen molar-refractivity contribution in [1.29, 1.82) is 0 Å². The van der Waals surface area contributed by atoms with Crippen LogP contribution in [0.3, 0.4) is 0 Å². The molecule has 0 saturated carbocycles. The fourth-order valence-corrected chi connectivity index (χ4v) is 3.80. The van der Waals surface area contributed by atoms with Crippen LogP contribution in [0.4, 0.5) is 0 Å². The van der Waals surface area contributed by atoms with Gasteiger partial charge in [0.15, 0.2) is 17.1 Å². The first kappa shape index (κ1) is 22.1. The van der Waals surface area contributed by atoms with E-state index < -0.39 is 0 Å². The fourth-order valence-electron chi connectivity index (χ4n) is 2.76. The van der Waals surface area contributed by atoms with Crippen molar-refractivity contribution in [2.75, 3.05) is 5.75 Å². The largest absolute Gasteiger partial charge is 0.483 e. The molecule has 0 radical (unpaired) electrons. The van der Waals surface area contributed by atoms with Gasteiger partial charge in [0.2, 0.25) is 5.91 Å². The summed E-state index contributed by atoms with van der Waals surface area (Å²) in [5.41, 5.74) is 1.06. The van der Waals surface area contributed by atoms with E-state index in [1.807, 2.05) is 66.1 Å². The molecule has 30 heavy (non-hydrogen) atoms. The number of amides is 1. The Hall–Kier alpha value is -2.58. The average molecular weight is 487 g/mol. The van der Waals surface area contributed by atoms with E-state index in [0.29, 0.717) is 24.1 Å². The second-order valence-electron chi connectivity index (χ2n) is 6.51. The molecule has 1 aromatic heterocycles. The third kappa shape index (κ3) is 6.21. The van der Waals surface area contributed by atoms with Gasteiger partial charge in [0, 0.05) is 17.6 Å². The number of allylic oxidation sites excluding steroid dienone is 1. The Labute approximate surface area is 188 Å². The number of halogens is 1. The summed E-state index contributed by atoms with van der Waals surface area (Å²) < 4.78 is 8.91. The highest BCUT2D eigenvalue weighted by molar-refractivity contribution is 9.10. The molecule has 0 aliphatic rings. The topological polar surface area (TPSA) is 69.0 Å². The summed E-state index contributed by atoms with van der Waals surface area (Å²) in [4.78, 5) is 12.2. The average Bonchev–Trinajstić information content (AvgIpc) is 3.16. The molecule has 1 atom stereocenters. The Morgan fingerprint density at radius 3 is 2.67 bits per heavy atom. The zero-order valence-corrected chi connectivity index (χ0v) is 19.0. The van der Waals surface area contributed by atoms with E-state index >= 15 is 0 Å². The highest BCUT2D eigenvalue weighted by Gasteiger charge is 2.19. The predicted molar refractivity (Wildman–Crippen MR) is 122 cm³/mol. The summed E-state index contributed by atoms with van der Waals surface area (Å²) in [5, 5.41) is 12.1. The minimum Gasteiger partial charge on any atom is -0.483 e. The number of hydrogen-bond donors (Lipinski definition) is 1. The van der Waals surface area contributed by atoms with Gasteiger partial charge in [0.05, 0.1) is 5.75 Å². The van der Waals surface area contributed by atoms with E-state index in [0.717, 1.165) is 15.8 Å². The van der Waals surface area contributed by atoms with Crippen LogP contribution >= 0.6 is 27.7 Å². The second kappa shape index (κ2) is 11.0. The lowest BCUT2D eigenvalue weighted by molar-refractivity contribution is -0.118. The zero-order valence-electron chi connectivity index (χ0n) is 16.6. The molecule has 1 unspecified atom stereocenters. The van der Waals surface area contributed by atoms with E-state index in [-0.39, 0.29) is 17.8 Å². The number of rotatable bonds is 10. The fraction of sp³-hybridized carbons (Fsp3) is 0.227. The maximum atomic E-state index is 12.2. The van der Waals surface area contributed by atoms with Gasteiger partial charge < -0.3 is 10.1 Å². The number of hydrogen-bond acceptors (Lipinski definition) is 5. The molecule has 2 aromatic carbocycles. The molecule has 1 amide bonds. The van der Waals surface area contributed by atoms with Gasteiger partial charge in [0.25, 0.3) is 0 Å². The van der Waals surface area contributed by atoms with Crippen LogP contribution in [0, 0.1) is 0 Å². The number of nitrogens with zero attached hydrogens (tertiary/aromatic N) is 3. The molecule has 0 spiro atoms. The summed E-state index contributed by atoms with van der Waals surface area (Å²) in [6, 6.07) is 17.4. The van der Waals surface area contributed by atoms with Crippen LogP contribution in [0.5, 0.6) is 5.75 Å². The van der Waals surface area contributed by atoms with Gasteiger partial charge in [0.1, 0.15) is 5.75 Å². The molecule has 3 aromatic rings. The maximum absolute atomic E-state index is 12.2. The second-order valence-corrected chi connectivity index (χ2v) is 8.36. The Morgan fingerprint density at radius 1 is 1.23 bits per heavy atom. The van der Waals surface area contributed by atoms with Gasteiger partial charge >= 0.3 is 0 Å². The first-order valence-electron chi connectivity index (χ1n) is 9.46. The quantitative estimate of drug-likeness (QED) is 0.330. The van der Waals surface area contributed by atoms with Crippen LogP contribution < -0.4 is 10.1 Å². The van der Waals surface area contributed by atoms with Crippen LogP contribution in [-0.2, 0) is 17.9 Å². The normalized spacial score (nSPS) is 11.7. The van der Waals surface area contributed by atoms with Crippen molar-refractivity contribution in [3.8, 4) is 5.75 Å². The number of thioether (sulfide) groups is 1. The first-order valence-corrected chi connectivity index (χ1v) is 11.2. The van der Waals surface area contributed by atoms with Gasteiger partial charge in [-0.15, -0.1) is 16.8 Å². The number of aromatic nitrogens is 3. The van der Waals surface area contributed by atoms with Crippen molar-refractivity contribution < 1.29 is 9.53 Å². The predicted octanol–water partition coefficient (Wildman–Crippen LogP) is 4.78. The Kier molecular flexibility index (Phi) is 8.10. The van der Waals surface area contributed by atoms with E-state index in [2.05, 4.69) is 38.0 Å². The summed E-state index contributed by atoms with van der Waals surface area (Å²) in [7, 11) is 0. The third-order valence-corrected chi connectivity index (χ3v) is 5.71. The van der Waals surface area contributed by atoms with Crippen LogP contribution in [-0.4, -0.2) is 26.4 Å². The molecule has 0 fully saturated rings. The van der Waals surface area contributed by atoms with Crippen LogP contribution in [0.1, 0.15) is 24.4 Å². The van der Waals surface area contributed by atoms with Crippen LogP contribution in [0.2, 0.25) is 0 Å². The van der Waals surface area contributed by atoms with Crippen molar-refractivity contribution in [3.05, 3.63) is 83.1 Å². The van der Waals surface area contributed by atoms with Gasteiger partial charge in [-0.2, -0.15) is 0 Å². The molecule has 156 valence electrons. The third-order valence-electron chi connectivity index (χ3n) is 4.21. The first-order chi connectivity index (χ1) is 14.6. The van der Waals surface area contributed by atoms with E-state index in [9.17, 15) is 4.79 Å². The molecule has 0 bridgehead atoms. The van der Waals surface area contributed by atoms with Crippen molar-refractivity contribution in [3.63, 3.8) is 0 Å². The smallest absolute Gasteiger partial charge is 0.230 e. The maximum Gasteiger partial charge on any atom is 0.230 e. The Balaban J connectivity index is 1.61. The van der Waals surface area contributed by atoms with Crippen LogP contribution in [0.15, 0.2) is 76.9 Å². The molecular formula is C22H23BrN4O2S. The summed E-state index contributed by atoms with van der Waals surface area (Å²) >= 11 is 4.76. The number of nitrogens with one attached hydrogen (secondary N) is 1. The van der Waals surface area contributed by atoms with Crippen molar-refractivity contribution in [2.24, 2.45) is 0 Å². The van der Waals surface area contributed by atoms with Gasteiger partial charge in [-0.3, -0.25) is 9.36 Å². The molecule has 1 N–H and O–H groups in total. The lowest BCUT2D eigenvalue weighted by Crippen LogP contribution is -2.24. The molecule has 0 aliphatic carbocycles. The standard InChI is InChI=1S/C22H23BrN4O2S/c1-3-13-27-21(16(2)29-19-11-9-18(23)10-12-19)25-26-22(27)30-15-20(28)24-14-17-7-5-4-6-8-17/h3-12,16H,1,13-15H2,2H3,(H,24,28). The minimum atomic E-state index is -0.306. The van der Waals surface area contributed by atoms with Gasteiger partial charge in [-0.1, -0.05) is 64.1 Å². The van der Waals surface area contributed by atoms with Gasteiger partial charge in [-0.25, -0.2) is 0 Å². The van der Waals surface area contributed by atoms with E-state index in [1.54, 1.807) is 6.08 Å². The number of carbonyl (C=O) groups excluding carboxylic acids is 1. The molecule has 1 heterocycles. The molecule has 3 rings (SSSR count). The highest BCUT2D eigenvalue weighted by atomic mass is 79.9. The molecular weight excluding hydrogens is 464 g/mol. The van der Waals surface area contributed by atoms with Crippen molar-refractivity contribution in [2.45, 2.75) is 31.3 Å². The zero-order chi connectivity index (χ0) is 21.3. The Bertz CT molecular complexity index is 977. The summed E-state index contributed by atoms with van der Waals surface area (Å²) in [5.74, 6) is 1.63. The van der Waals surface area contributed by atoms with Crippen LogP contribution in [0.25, 0.3) is 0 Å². The summed E-state index contributed by atoms with van der Waals surface area (Å²) in [6.45, 7) is 6.78. The van der Waals surface area contributed by atoms with Crippen molar-refractivity contribution >= 4 is 33.6 Å². The molecule has 8 heteroatoms. The number of benzene rings is 2. The lowest BCUT2D eigenvalue weighted by atomic mass is 10.2. The molecule has 0 saturated heterocycles. The van der Waals surface area contributed by atoms with E-state index in [1.165, 1.54) is 11.8 Å². The van der Waals surface area contributed by atoms with E-state index in [4.69, 9.17) is 4.74 Å².